The van der Waals surface area contributed by atoms with Gasteiger partial charge in [-0.1, -0.05) is 0 Å². The average molecular weight is 881 g/mol. The van der Waals surface area contributed by atoms with Gasteiger partial charge in [0.05, 0.1) is 22.3 Å². The van der Waals surface area contributed by atoms with Gasteiger partial charge in [-0.2, -0.15) is 0 Å². The number of rotatable bonds is 10. The summed E-state index contributed by atoms with van der Waals surface area (Å²) < 4.78 is 22.2. The van der Waals surface area contributed by atoms with Gasteiger partial charge in [-0.25, -0.2) is 14.4 Å². The largest absolute Gasteiger partial charge is 0.507 e. The summed E-state index contributed by atoms with van der Waals surface area (Å²) >= 11 is 0. The monoisotopic (exact) mass is 880 g/mol. The van der Waals surface area contributed by atoms with Gasteiger partial charge in [-0.3, -0.25) is 4.79 Å². The van der Waals surface area contributed by atoms with Crippen molar-refractivity contribution in [1.82, 2.24) is 0 Å². The molecule has 1 heterocycles. The van der Waals surface area contributed by atoms with Crippen LogP contribution in [0, 0.1) is 0 Å². The molecule has 23 heteroatoms. The van der Waals surface area contributed by atoms with Crippen LogP contribution in [0.15, 0.2) is 60.7 Å². The highest BCUT2D eigenvalue weighted by atomic mass is 16.6. The van der Waals surface area contributed by atoms with Gasteiger partial charge in [-0.05, 0) is 54.6 Å². The number of hydrogen-bond donors (Lipinski definition) is 15. The molecule has 1 saturated heterocycles. The van der Waals surface area contributed by atoms with E-state index in [0.717, 1.165) is 18.2 Å². The normalized spacial score (nSPS) is 18.3. The second-order valence-corrected chi connectivity index (χ2v) is 13.6. The van der Waals surface area contributed by atoms with E-state index in [1.165, 1.54) is 0 Å². The quantitative estimate of drug-likeness (QED) is 0.0412. The number of aliphatic hydroxyl groups excluding tert-OH is 1. The van der Waals surface area contributed by atoms with Gasteiger partial charge < -0.3 is 95.5 Å². The lowest BCUT2D eigenvalue weighted by Crippen LogP contribution is -2.58. The number of benzene rings is 5. The van der Waals surface area contributed by atoms with E-state index in [1.807, 2.05) is 0 Å². The lowest BCUT2D eigenvalue weighted by Gasteiger charge is -2.43. The van der Waals surface area contributed by atoms with Crippen LogP contribution in [0.5, 0.6) is 80.5 Å². The topological polar surface area (TPSA) is 409 Å². The molecule has 1 aliphatic rings. The third-order valence-electron chi connectivity index (χ3n) is 9.49. The van der Waals surface area contributed by atoms with Crippen molar-refractivity contribution < 1.29 is 115 Å². The molecule has 23 nitrogen and oxygen atoms in total. The van der Waals surface area contributed by atoms with E-state index >= 15 is 0 Å². The zero-order chi connectivity index (χ0) is 46.3. The summed E-state index contributed by atoms with van der Waals surface area (Å²) in [6.07, 6.45) is -11.5. The number of ether oxygens (including phenoxy) is 4. The molecule has 15 N–H and O–H groups in total. The summed E-state index contributed by atoms with van der Waals surface area (Å²) in [4.78, 5) is 54.1. The second kappa shape index (κ2) is 16.7. The number of phenols is 14. The molecule has 6 rings (SSSR count). The number of aliphatic hydroxyl groups is 1. The minimum Gasteiger partial charge on any atom is -0.507 e. The fraction of sp³-hybridized carbons (Fsp3) is 0.150. The van der Waals surface area contributed by atoms with Crippen LogP contribution in [-0.2, 0) is 18.9 Å². The zero-order valence-electron chi connectivity index (χ0n) is 31.3. The van der Waals surface area contributed by atoms with Crippen LogP contribution in [0.1, 0.15) is 58.7 Å². The van der Waals surface area contributed by atoms with Gasteiger partial charge >= 0.3 is 17.9 Å². The Balaban J connectivity index is 1.51. The Kier molecular flexibility index (Phi) is 11.7. The Morgan fingerprint density at radius 1 is 0.460 bits per heavy atom. The first kappa shape index (κ1) is 43.9. The Morgan fingerprint density at radius 2 is 0.889 bits per heavy atom. The molecule has 0 saturated carbocycles. The number of esters is 3. The van der Waals surface area contributed by atoms with Crippen molar-refractivity contribution in [3.63, 3.8) is 0 Å². The molecule has 0 aliphatic carbocycles. The van der Waals surface area contributed by atoms with E-state index in [9.17, 15) is 95.8 Å². The van der Waals surface area contributed by atoms with Crippen LogP contribution >= 0.6 is 0 Å². The molecule has 0 amide bonds. The van der Waals surface area contributed by atoms with Gasteiger partial charge in [0, 0.05) is 11.6 Å². The SMILES string of the molecule is O=C(OC[C@@H]1O[C@H](c2c(O)cc(O)c(C(=O)c3ccc(O)c(O)c3)c2O)[C@@H](OC(=O)c2cc(O)c(O)c(O)c2)[C@@H](OC(=O)c2cc(O)c(O)c(O)c2)[C@H]1O)c1cc(O)c(O)c(O)c1. The number of carbonyl (C=O) groups is 4. The van der Waals surface area contributed by atoms with Crippen LogP contribution in [0.25, 0.3) is 0 Å². The average Bonchev–Trinajstić information content (AvgIpc) is 3.22. The highest BCUT2D eigenvalue weighted by Crippen LogP contribution is 2.49. The van der Waals surface area contributed by atoms with Crippen molar-refractivity contribution in [1.29, 1.82) is 0 Å². The van der Waals surface area contributed by atoms with Crippen LogP contribution < -0.4 is 0 Å². The number of phenolic OH excluding ortho intramolecular Hbond substituents is 14. The molecule has 0 radical (unpaired) electrons. The molecule has 0 aromatic heterocycles. The Bertz CT molecular complexity index is 2620. The van der Waals surface area contributed by atoms with Crippen molar-refractivity contribution in [3.8, 4) is 80.5 Å². The minimum atomic E-state index is -2.41. The predicted octanol–water partition coefficient (Wildman–Crippen LogP) is 1.91. The highest BCUT2D eigenvalue weighted by Gasteiger charge is 2.53. The minimum absolute atomic E-state index is 0.480. The maximum Gasteiger partial charge on any atom is 0.338 e. The van der Waals surface area contributed by atoms with E-state index in [-0.39, 0.29) is 0 Å². The highest BCUT2D eigenvalue weighted by molar-refractivity contribution is 6.13. The van der Waals surface area contributed by atoms with Crippen molar-refractivity contribution >= 4 is 23.7 Å². The summed E-state index contributed by atoms with van der Waals surface area (Å²) in [6, 6.07) is 6.70. The van der Waals surface area contributed by atoms with Crippen molar-refractivity contribution in [2.45, 2.75) is 30.5 Å². The number of aromatic hydroxyl groups is 14. The molecule has 5 aromatic rings. The summed E-state index contributed by atoms with van der Waals surface area (Å²) in [6.45, 7) is -1.13. The van der Waals surface area contributed by atoms with Crippen LogP contribution in [-0.4, -0.2) is 131 Å². The van der Waals surface area contributed by atoms with Crippen molar-refractivity contribution in [2.24, 2.45) is 0 Å². The predicted molar refractivity (Wildman–Crippen MR) is 201 cm³/mol. The fourth-order valence-electron chi connectivity index (χ4n) is 6.32. The summed E-state index contributed by atoms with van der Waals surface area (Å²) in [7, 11) is 0. The standard InChI is InChI=1S/C40H32O23/c41-16-2-1-12(3-17(16)42)29(51)27-18(43)10-19(44)28(34(27)56)35-37(63-40(59)15-8-24(49)32(54)25(50)9-15)36(62-39(58)14-6-22(47)31(53)23(48)7-14)33(55)26(61-35)11-60-38(57)13-4-20(45)30(52)21(46)5-13/h1-10,26,33,35-37,41-50,52-56H,11H2/t26-,33-,35+,36-,37+/m0/s1. The second-order valence-electron chi connectivity index (χ2n) is 13.6. The number of hydrogen-bond acceptors (Lipinski definition) is 23. The van der Waals surface area contributed by atoms with E-state index < -0.39 is 175 Å². The molecule has 1 fully saturated rings. The number of ketones is 1. The fourth-order valence-corrected chi connectivity index (χ4v) is 6.32. The zero-order valence-corrected chi connectivity index (χ0v) is 31.3. The number of carbonyl (C=O) groups excluding carboxylic acids is 4. The smallest absolute Gasteiger partial charge is 0.338 e. The lowest BCUT2D eigenvalue weighted by molar-refractivity contribution is -0.232. The lowest BCUT2D eigenvalue weighted by atomic mass is 9.87. The maximum atomic E-state index is 13.7. The molecule has 330 valence electrons. The van der Waals surface area contributed by atoms with Gasteiger partial charge in [0.1, 0.15) is 47.7 Å². The molecule has 0 bridgehead atoms. The molecule has 1 aliphatic heterocycles. The van der Waals surface area contributed by atoms with Gasteiger partial charge in [0.2, 0.25) is 5.78 Å². The molecule has 0 unspecified atom stereocenters. The van der Waals surface area contributed by atoms with Gasteiger partial charge in [0.15, 0.2) is 75.5 Å². The molecule has 63 heavy (non-hydrogen) atoms. The molecule has 5 atom stereocenters. The molecular formula is C40H32O23. The summed E-state index contributed by atoms with van der Waals surface area (Å²) in [5.74, 6) is -20.4. The Morgan fingerprint density at radius 3 is 1.35 bits per heavy atom. The van der Waals surface area contributed by atoms with Crippen LogP contribution in [0.4, 0.5) is 0 Å². The Labute approximate surface area is 349 Å². The third kappa shape index (κ3) is 8.39. The summed E-state index contributed by atoms with van der Waals surface area (Å²) in [5, 5.41) is 155. The van der Waals surface area contributed by atoms with Crippen molar-refractivity contribution in [2.75, 3.05) is 6.61 Å². The Hall–Kier alpha value is -8.70. The van der Waals surface area contributed by atoms with Gasteiger partial charge in [0.25, 0.3) is 0 Å². The maximum absolute atomic E-state index is 13.7. The first-order valence-corrected chi connectivity index (χ1v) is 17.6. The molecular weight excluding hydrogens is 848 g/mol. The van der Waals surface area contributed by atoms with E-state index in [1.54, 1.807) is 0 Å². The van der Waals surface area contributed by atoms with E-state index in [4.69, 9.17) is 18.9 Å². The summed E-state index contributed by atoms with van der Waals surface area (Å²) in [5.41, 5.74) is -4.61. The first-order chi connectivity index (χ1) is 29.6. The molecule has 0 spiro atoms. The van der Waals surface area contributed by atoms with Crippen molar-refractivity contribution in [3.05, 3.63) is 94.0 Å². The van der Waals surface area contributed by atoms with E-state index in [2.05, 4.69) is 0 Å². The van der Waals surface area contributed by atoms with Crippen LogP contribution in [0.2, 0.25) is 0 Å². The van der Waals surface area contributed by atoms with Gasteiger partial charge in [-0.15, -0.1) is 0 Å². The van der Waals surface area contributed by atoms with E-state index in [0.29, 0.717) is 42.5 Å². The third-order valence-corrected chi connectivity index (χ3v) is 9.49. The first-order valence-electron chi connectivity index (χ1n) is 17.6. The van der Waals surface area contributed by atoms with Crippen LogP contribution in [0.3, 0.4) is 0 Å². The molecule has 5 aromatic carbocycles.